The second-order valence-corrected chi connectivity index (χ2v) is 9.06. The molecule has 0 aromatic heterocycles. The molecule has 2 heterocycles. The molecule has 2 aliphatic rings. The zero-order chi connectivity index (χ0) is 20.5. The Hall–Kier alpha value is -2.13. The summed E-state index contributed by atoms with van der Waals surface area (Å²) >= 11 is 0. The van der Waals surface area contributed by atoms with Gasteiger partial charge in [-0.25, -0.2) is 18.0 Å². The summed E-state index contributed by atoms with van der Waals surface area (Å²) in [5.41, 5.74) is 0.0383. The van der Waals surface area contributed by atoms with Crippen LogP contribution in [0.15, 0.2) is 23.1 Å². The smallest absolute Gasteiger partial charge is 0.347 e. The van der Waals surface area contributed by atoms with Crippen LogP contribution in [0.5, 0.6) is 5.75 Å². The summed E-state index contributed by atoms with van der Waals surface area (Å²) in [6, 6.07) is 3.97. The summed E-state index contributed by atoms with van der Waals surface area (Å²) in [6.07, 6.45) is 1.52. The van der Waals surface area contributed by atoms with E-state index in [1.54, 1.807) is 6.92 Å². The number of nitrogens with zero attached hydrogens (tertiary/aromatic N) is 1. The van der Waals surface area contributed by atoms with Crippen LogP contribution < -0.4 is 4.74 Å². The van der Waals surface area contributed by atoms with E-state index >= 15 is 0 Å². The number of hydrogen-bond donors (Lipinski definition) is 0. The first kappa shape index (κ1) is 20.6. The van der Waals surface area contributed by atoms with Crippen LogP contribution in [0.4, 0.5) is 0 Å². The van der Waals surface area contributed by atoms with Gasteiger partial charge in [0.05, 0.1) is 12.7 Å². The molecule has 2 aliphatic heterocycles. The first-order valence-corrected chi connectivity index (χ1v) is 10.8. The fraction of sp³-hybridized carbons (Fsp3) is 0.579. The van der Waals surface area contributed by atoms with Crippen LogP contribution in [-0.4, -0.2) is 56.6 Å². The molecule has 3 rings (SSSR count). The highest BCUT2D eigenvalue weighted by molar-refractivity contribution is 7.89. The number of ether oxygens (including phenoxy) is 3. The van der Waals surface area contributed by atoms with E-state index in [1.165, 1.54) is 29.6 Å². The molecule has 9 heteroatoms. The van der Waals surface area contributed by atoms with Gasteiger partial charge in [-0.2, -0.15) is 4.31 Å². The number of benzene rings is 1. The Labute approximate surface area is 164 Å². The molecule has 2 fully saturated rings. The number of carbonyl (C=O) groups is 2. The topological polar surface area (TPSA) is 99.2 Å². The molecule has 0 bridgehead atoms. The van der Waals surface area contributed by atoms with Crippen molar-refractivity contribution < 1.29 is 32.2 Å². The first-order chi connectivity index (χ1) is 13.2. The average molecular weight is 411 g/mol. The summed E-state index contributed by atoms with van der Waals surface area (Å²) < 4.78 is 43.3. The van der Waals surface area contributed by atoms with Crippen molar-refractivity contribution in [3.63, 3.8) is 0 Å². The largest absolute Gasteiger partial charge is 0.495 e. The fourth-order valence-corrected chi connectivity index (χ4v) is 5.46. The molecule has 8 nitrogen and oxygen atoms in total. The van der Waals surface area contributed by atoms with Gasteiger partial charge in [0.1, 0.15) is 16.7 Å². The van der Waals surface area contributed by atoms with E-state index < -0.39 is 28.1 Å². The third-order valence-electron chi connectivity index (χ3n) is 5.10. The number of piperidine rings is 1. The van der Waals surface area contributed by atoms with Crippen molar-refractivity contribution in [2.75, 3.05) is 13.7 Å². The molecule has 2 saturated heterocycles. The minimum absolute atomic E-state index is 0.0383. The van der Waals surface area contributed by atoms with Crippen LogP contribution in [0.3, 0.4) is 0 Å². The molecule has 1 aromatic rings. The van der Waals surface area contributed by atoms with E-state index in [2.05, 4.69) is 0 Å². The number of esters is 2. The van der Waals surface area contributed by atoms with Crippen molar-refractivity contribution in [3.05, 3.63) is 23.8 Å². The van der Waals surface area contributed by atoms with E-state index in [-0.39, 0.29) is 34.8 Å². The minimum atomic E-state index is -3.85. The Morgan fingerprint density at radius 2 is 2.00 bits per heavy atom. The lowest BCUT2D eigenvalue weighted by molar-refractivity contribution is -0.147. The quantitative estimate of drug-likeness (QED) is 0.684. The molecule has 0 amide bonds. The van der Waals surface area contributed by atoms with E-state index in [9.17, 15) is 18.0 Å². The summed E-state index contributed by atoms with van der Waals surface area (Å²) in [5.74, 6) is -1.21. The summed E-state index contributed by atoms with van der Waals surface area (Å²) in [4.78, 5) is 24.1. The van der Waals surface area contributed by atoms with E-state index in [0.29, 0.717) is 6.54 Å². The standard InChI is InChI=1S/C19H25NO7S/c1-12-6-4-5-9-20(12)28(23,24)17-11-14(7-8-15(17)25-3)18(21)27-16-10-13(2)26-19(16)22/h7-8,11-13,16H,4-6,9-10H2,1-3H3/t12-,13-,16-/m1/s1. The summed E-state index contributed by atoms with van der Waals surface area (Å²) in [6.45, 7) is 4.00. The lowest BCUT2D eigenvalue weighted by Crippen LogP contribution is -2.42. The van der Waals surface area contributed by atoms with Crippen molar-refractivity contribution >= 4 is 22.0 Å². The van der Waals surface area contributed by atoms with Gasteiger partial charge in [0.2, 0.25) is 16.1 Å². The highest BCUT2D eigenvalue weighted by atomic mass is 32.2. The molecular formula is C19H25NO7S. The van der Waals surface area contributed by atoms with Gasteiger partial charge in [0, 0.05) is 19.0 Å². The monoisotopic (exact) mass is 411 g/mol. The first-order valence-electron chi connectivity index (χ1n) is 9.35. The molecule has 0 radical (unpaired) electrons. The van der Waals surface area contributed by atoms with Gasteiger partial charge in [0.15, 0.2) is 0 Å². The predicted molar refractivity (Wildman–Crippen MR) is 99.6 cm³/mol. The Kier molecular flexibility index (Phi) is 5.95. The Bertz CT molecular complexity index is 867. The zero-order valence-electron chi connectivity index (χ0n) is 16.2. The van der Waals surface area contributed by atoms with E-state index in [1.807, 2.05) is 6.92 Å². The van der Waals surface area contributed by atoms with Gasteiger partial charge in [-0.3, -0.25) is 0 Å². The summed E-state index contributed by atoms with van der Waals surface area (Å²) in [5, 5.41) is 0. The second-order valence-electron chi connectivity index (χ2n) is 7.20. The van der Waals surface area contributed by atoms with Crippen molar-refractivity contribution in [1.82, 2.24) is 4.31 Å². The maximum Gasteiger partial charge on any atom is 0.347 e. The van der Waals surface area contributed by atoms with E-state index in [4.69, 9.17) is 14.2 Å². The lowest BCUT2D eigenvalue weighted by Gasteiger charge is -2.32. The number of hydrogen-bond acceptors (Lipinski definition) is 7. The maximum atomic E-state index is 13.2. The van der Waals surface area contributed by atoms with Crippen molar-refractivity contribution in [2.45, 2.75) is 62.7 Å². The molecule has 0 N–H and O–H groups in total. The number of rotatable bonds is 5. The van der Waals surface area contributed by atoms with Gasteiger partial charge in [-0.1, -0.05) is 6.42 Å². The molecule has 0 saturated carbocycles. The predicted octanol–water partition coefficient (Wildman–Crippen LogP) is 2.12. The van der Waals surface area contributed by atoms with Gasteiger partial charge < -0.3 is 14.2 Å². The molecule has 28 heavy (non-hydrogen) atoms. The SMILES string of the molecule is COc1ccc(C(=O)O[C@@H]2C[C@@H](C)OC2=O)cc1S(=O)(=O)N1CCCC[C@H]1C. The van der Waals surface area contributed by atoms with Crippen LogP contribution in [0, 0.1) is 0 Å². The third kappa shape index (κ3) is 4.00. The van der Waals surface area contributed by atoms with Crippen LogP contribution in [0.25, 0.3) is 0 Å². The van der Waals surface area contributed by atoms with Gasteiger partial charge in [-0.05, 0) is 44.9 Å². The van der Waals surface area contributed by atoms with Crippen LogP contribution in [-0.2, 0) is 24.3 Å². The highest BCUT2D eigenvalue weighted by Gasteiger charge is 2.37. The third-order valence-corrected chi connectivity index (χ3v) is 7.14. The number of methoxy groups -OCH3 is 1. The van der Waals surface area contributed by atoms with Crippen LogP contribution in [0.1, 0.15) is 49.9 Å². The van der Waals surface area contributed by atoms with Crippen LogP contribution in [0.2, 0.25) is 0 Å². The average Bonchev–Trinajstić information content (AvgIpc) is 2.98. The molecule has 0 spiro atoms. The maximum absolute atomic E-state index is 13.2. The van der Waals surface area contributed by atoms with Crippen molar-refractivity contribution in [3.8, 4) is 5.75 Å². The van der Waals surface area contributed by atoms with Gasteiger partial charge in [-0.15, -0.1) is 0 Å². The van der Waals surface area contributed by atoms with Gasteiger partial charge >= 0.3 is 11.9 Å². The normalized spacial score (nSPS) is 26.0. The molecule has 0 unspecified atom stereocenters. The molecule has 1 aromatic carbocycles. The Morgan fingerprint density at radius 1 is 1.25 bits per heavy atom. The number of cyclic esters (lactones) is 1. The number of sulfonamides is 1. The number of carbonyl (C=O) groups excluding carboxylic acids is 2. The Morgan fingerprint density at radius 3 is 2.61 bits per heavy atom. The van der Waals surface area contributed by atoms with Crippen LogP contribution >= 0.6 is 0 Å². The molecule has 154 valence electrons. The van der Waals surface area contributed by atoms with Crippen molar-refractivity contribution in [2.24, 2.45) is 0 Å². The lowest BCUT2D eigenvalue weighted by atomic mass is 10.1. The molecule has 0 aliphatic carbocycles. The Balaban J connectivity index is 1.89. The molecule has 3 atom stereocenters. The minimum Gasteiger partial charge on any atom is -0.495 e. The zero-order valence-corrected chi connectivity index (χ0v) is 17.0. The summed E-state index contributed by atoms with van der Waals surface area (Å²) in [7, 11) is -2.47. The molecular weight excluding hydrogens is 386 g/mol. The fourth-order valence-electron chi connectivity index (χ4n) is 3.57. The highest BCUT2D eigenvalue weighted by Crippen LogP contribution is 2.32. The second kappa shape index (κ2) is 8.08. The van der Waals surface area contributed by atoms with E-state index in [0.717, 1.165) is 19.3 Å². The van der Waals surface area contributed by atoms with Gasteiger partial charge in [0.25, 0.3) is 0 Å². The van der Waals surface area contributed by atoms with Crippen molar-refractivity contribution in [1.29, 1.82) is 0 Å².